The van der Waals surface area contributed by atoms with Gasteiger partial charge in [-0.15, -0.1) is 0 Å². The smallest absolute Gasteiger partial charge is 0.305 e. The summed E-state index contributed by atoms with van der Waals surface area (Å²) in [6.45, 7) is 10.4. The summed E-state index contributed by atoms with van der Waals surface area (Å²) in [4.78, 5) is 24.0. The third kappa shape index (κ3) is 90.5. The van der Waals surface area contributed by atoms with Gasteiger partial charge < -0.3 is 9.47 Å². The molecule has 0 aromatic rings. The molecule has 0 aliphatic heterocycles. The third-order valence-electron chi connectivity index (χ3n) is 19.8. The van der Waals surface area contributed by atoms with E-state index >= 15 is 0 Å². The van der Waals surface area contributed by atoms with E-state index in [4.69, 9.17) is 9.47 Å². The summed E-state index contributed by atoms with van der Waals surface area (Å²) in [7, 11) is 0. The van der Waals surface area contributed by atoms with E-state index in [-0.39, 0.29) is 11.9 Å². The molecule has 0 saturated heterocycles. The van der Waals surface area contributed by atoms with Crippen LogP contribution < -0.4 is 0 Å². The molecule has 0 N–H and O–H groups in total. The maximum atomic E-state index is 12.0. The predicted molar refractivity (Wildman–Crippen MR) is 414 cm³/mol. The van der Waals surface area contributed by atoms with Crippen LogP contribution in [0.15, 0.2) is 24.3 Å². The van der Waals surface area contributed by atoms with E-state index in [2.05, 4.69) is 52.0 Å². The molecule has 0 amide bonds. The minimum absolute atomic E-state index is 0.0201. The second-order valence-corrected chi connectivity index (χ2v) is 29.4. The molecule has 4 heteroatoms. The number of hydrogen-bond acceptors (Lipinski definition) is 4. The highest BCUT2D eigenvalue weighted by molar-refractivity contribution is 5.69. The molecule has 0 spiro atoms. The summed E-state index contributed by atoms with van der Waals surface area (Å²) in [6.07, 6.45) is 112. The maximum Gasteiger partial charge on any atom is 0.305 e. The molecule has 0 bridgehead atoms. The van der Waals surface area contributed by atoms with Crippen LogP contribution in [0.4, 0.5) is 0 Å². The quantitative estimate of drug-likeness (QED) is 0.0346. The summed E-state index contributed by atoms with van der Waals surface area (Å²) < 4.78 is 10.9. The number of allylic oxidation sites excluding steroid dienone is 4. The highest BCUT2D eigenvalue weighted by Gasteiger charge is 2.05. The maximum absolute atomic E-state index is 12.0. The van der Waals surface area contributed by atoms with Gasteiger partial charge in [0.1, 0.15) is 0 Å². The molecular formula is C88H172O4. The van der Waals surface area contributed by atoms with Crippen molar-refractivity contribution in [3.8, 4) is 0 Å². The minimum Gasteiger partial charge on any atom is -0.466 e. The Labute approximate surface area is 581 Å². The zero-order valence-corrected chi connectivity index (χ0v) is 64.1. The van der Waals surface area contributed by atoms with Gasteiger partial charge in [0.05, 0.1) is 13.2 Å². The van der Waals surface area contributed by atoms with E-state index < -0.39 is 0 Å². The molecule has 92 heavy (non-hydrogen) atoms. The summed E-state index contributed by atoms with van der Waals surface area (Å²) in [5.74, 6) is 0.0402. The fourth-order valence-corrected chi connectivity index (χ4v) is 13.3. The first kappa shape index (κ1) is 92.5. The lowest BCUT2D eigenvalue weighted by Crippen LogP contribution is -2.05. The summed E-state index contributed by atoms with van der Waals surface area (Å²) in [5.41, 5.74) is 0. The van der Waals surface area contributed by atoms with Gasteiger partial charge in [0.15, 0.2) is 0 Å². The van der Waals surface area contributed by atoms with Crippen LogP contribution in [0.3, 0.4) is 0 Å². The summed E-state index contributed by atoms with van der Waals surface area (Å²) in [5, 5.41) is 0. The third-order valence-corrected chi connectivity index (χ3v) is 19.8. The second-order valence-electron chi connectivity index (χ2n) is 29.4. The van der Waals surface area contributed by atoms with E-state index in [1.54, 1.807) is 0 Å². The van der Waals surface area contributed by atoms with Gasteiger partial charge in [0, 0.05) is 12.8 Å². The molecule has 0 saturated carbocycles. The monoisotopic (exact) mass is 1290 g/mol. The SMILES string of the molecule is CCCCCCCC/C=C\CCCCCCCC(=O)OCCCCCCCCCCCCCCCCCCCCCCCCCC.CCCCCCCC/C=C\CCCCCCCC(=O)OCCCCCCCCCCCCCCCCCCCCCCCCCC. The molecule has 0 rings (SSSR count). The molecular weight excluding hydrogens is 1120 g/mol. The molecule has 0 aromatic carbocycles. The molecule has 0 heterocycles. The van der Waals surface area contributed by atoms with Crippen LogP contribution in [-0.4, -0.2) is 25.2 Å². The van der Waals surface area contributed by atoms with Crippen LogP contribution in [0.1, 0.15) is 516 Å². The van der Waals surface area contributed by atoms with Crippen molar-refractivity contribution in [3.63, 3.8) is 0 Å². The second kappa shape index (κ2) is 89.4. The van der Waals surface area contributed by atoms with Crippen molar-refractivity contribution >= 4 is 11.9 Å². The van der Waals surface area contributed by atoms with Crippen LogP contribution in [0.25, 0.3) is 0 Å². The molecule has 0 atom stereocenters. The molecule has 0 aliphatic carbocycles. The molecule has 0 aliphatic rings. The van der Waals surface area contributed by atoms with Gasteiger partial charge >= 0.3 is 11.9 Å². The fraction of sp³-hybridized carbons (Fsp3) is 0.932. The Kier molecular flexibility index (Phi) is 89.9. The lowest BCUT2D eigenvalue weighted by atomic mass is 10.0. The summed E-state index contributed by atoms with van der Waals surface area (Å²) in [6, 6.07) is 0. The largest absolute Gasteiger partial charge is 0.466 e. The van der Waals surface area contributed by atoms with E-state index in [0.29, 0.717) is 26.1 Å². The zero-order chi connectivity index (χ0) is 66.6. The zero-order valence-electron chi connectivity index (χ0n) is 64.1. The Bertz CT molecular complexity index is 1270. The Morgan fingerprint density at radius 2 is 0.304 bits per heavy atom. The topological polar surface area (TPSA) is 52.6 Å². The molecule has 548 valence electrons. The van der Waals surface area contributed by atoms with Crippen LogP contribution in [0.5, 0.6) is 0 Å². The first-order valence-corrected chi connectivity index (χ1v) is 43.2. The lowest BCUT2D eigenvalue weighted by Gasteiger charge is -2.06. The van der Waals surface area contributed by atoms with Crippen molar-refractivity contribution < 1.29 is 19.1 Å². The number of esters is 2. The number of hydrogen-bond donors (Lipinski definition) is 0. The fourth-order valence-electron chi connectivity index (χ4n) is 13.3. The number of ether oxygens (including phenoxy) is 2. The standard InChI is InChI=1S/2C44H86O2/c2*1-3-5-7-9-11-13-15-17-19-20-21-22-23-24-25-26-27-29-31-33-35-37-39-41-43-46-44(45)42-40-38-36-34-32-30-28-18-16-14-12-10-8-6-4-2/h2*18,28H,3-17,19-27,29-43H2,1-2H3/b2*28-18-. The van der Waals surface area contributed by atoms with Gasteiger partial charge in [0.2, 0.25) is 0 Å². The molecule has 0 unspecified atom stereocenters. The lowest BCUT2D eigenvalue weighted by molar-refractivity contribution is -0.144. The first-order valence-electron chi connectivity index (χ1n) is 43.2. The molecule has 0 aromatic heterocycles. The number of carbonyl (C=O) groups excluding carboxylic acids is 2. The van der Waals surface area contributed by atoms with Gasteiger partial charge in [-0.3, -0.25) is 9.59 Å². The Morgan fingerprint density at radius 1 is 0.174 bits per heavy atom. The minimum atomic E-state index is 0.0201. The average molecular weight is 1290 g/mol. The van der Waals surface area contributed by atoms with Gasteiger partial charge in [-0.05, 0) is 77.0 Å². The number of unbranched alkanes of at least 4 members (excludes halogenated alkanes) is 68. The van der Waals surface area contributed by atoms with E-state index in [1.807, 2.05) is 0 Å². The molecule has 0 fully saturated rings. The van der Waals surface area contributed by atoms with Gasteiger partial charge in [-0.25, -0.2) is 0 Å². The number of rotatable bonds is 80. The normalized spacial score (nSPS) is 11.6. The van der Waals surface area contributed by atoms with Crippen molar-refractivity contribution in [1.82, 2.24) is 0 Å². The van der Waals surface area contributed by atoms with Gasteiger partial charge in [-0.1, -0.05) is 450 Å². The van der Waals surface area contributed by atoms with Crippen LogP contribution >= 0.6 is 0 Å². The van der Waals surface area contributed by atoms with E-state index in [0.717, 1.165) is 38.5 Å². The molecule has 4 nitrogen and oxygen atoms in total. The van der Waals surface area contributed by atoms with Crippen molar-refractivity contribution in [2.75, 3.05) is 13.2 Å². The van der Waals surface area contributed by atoms with Gasteiger partial charge in [-0.2, -0.15) is 0 Å². The first-order chi connectivity index (χ1) is 45.6. The molecule has 0 radical (unpaired) electrons. The Hall–Kier alpha value is -1.58. The van der Waals surface area contributed by atoms with Crippen LogP contribution in [-0.2, 0) is 19.1 Å². The Balaban J connectivity index is 0. The number of carbonyl (C=O) groups is 2. The van der Waals surface area contributed by atoms with Crippen LogP contribution in [0, 0.1) is 0 Å². The van der Waals surface area contributed by atoms with Crippen LogP contribution in [0.2, 0.25) is 0 Å². The van der Waals surface area contributed by atoms with Crippen molar-refractivity contribution in [2.45, 2.75) is 516 Å². The van der Waals surface area contributed by atoms with Crippen molar-refractivity contribution in [3.05, 3.63) is 24.3 Å². The van der Waals surface area contributed by atoms with Gasteiger partial charge in [0.25, 0.3) is 0 Å². The summed E-state index contributed by atoms with van der Waals surface area (Å²) >= 11 is 0. The van der Waals surface area contributed by atoms with Crippen molar-refractivity contribution in [1.29, 1.82) is 0 Å². The highest BCUT2D eigenvalue weighted by atomic mass is 16.5. The van der Waals surface area contributed by atoms with E-state index in [9.17, 15) is 9.59 Å². The van der Waals surface area contributed by atoms with Crippen molar-refractivity contribution in [2.24, 2.45) is 0 Å². The Morgan fingerprint density at radius 3 is 0.467 bits per heavy atom. The van der Waals surface area contributed by atoms with E-state index in [1.165, 1.54) is 437 Å². The highest BCUT2D eigenvalue weighted by Crippen LogP contribution is 2.20. The predicted octanol–water partition coefficient (Wildman–Crippen LogP) is 31.9. The average Bonchev–Trinajstić information content (AvgIpc) is 3.57.